The number of rotatable bonds is 6. The third-order valence-electron chi connectivity index (χ3n) is 5.54. The number of pyridine rings is 1. The van der Waals surface area contributed by atoms with Crippen molar-refractivity contribution < 1.29 is 19.0 Å². The van der Waals surface area contributed by atoms with Crippen molar-refractivity contribution in [3.63, 3.8) is 0 Å². The van der Waals surface area contributed by atoms with E-state index in [0.29, 0.717) is 18.1 Å². The first-order valence-corrected chi connectivity index (χ1v) is 8.85. The smallest absolute Gasteiger partial charge is 0.309 e. The van der Waals surface area contributed by atoms with Crippen LogP contribution in [0.15, 0.2) is 36.5 Å². The van der Waals surface area contributed by atoms with Gasteiger partial charge in [-0.3, -0.25) is 9.78 Å². The van der Waals surface area contributed by atoms with E-state index >= 15 is 0 Å². The van der Waals surface area contributed by atoms with Gasteiger partial charge in [0.25, 0.3) is 0 Å². The molecular formula is C20H23NO4. The van der Waals surface area contributed by atoms with Gasteiger partial charge >= 0.3 is 5.97 Å². The molecule has 1 heterocycles. The molecule has 0 amide bonds. The zero-order chi connectivity index (χ0) is 17.3. The highest BCUT2D eigenvalue weighted by molar-refractivity contribution is 5.84. The Labute approximate surface area is 147 Å². The number of carbonyl (C=O) groups is 1. The molecule has 5 nitrogen and oxygen atoms in total. The number of hydrogen-bond acceptors (Lipinski definition) is 5. The van der Waals surface area contributed by atoms with Gasteiger partial charge in [-0.2, -0.15) is 0 Å². The molecule has 1 spiro atoms. The minimum Gasteiger partial charge on any atom is -0.489 e. The fraction of sp³-hybridized carbons (Fsp3) is 0.500. The number of ether oxygens (including phenoxy) is 3. The van der Waals surface area contributed by atoms with Gasteiger partial charge in [-0.15, -0.1) is 0 Å². The molecule has 2 saturated carbocycles. The molecule has 2 fully saturated rings. The Balaban J connectivity index is 1.20. The second kappa shape index (κ2) is 6.64. The molecule has 0 N–H and O–H groups in total. The molecule has 0 unspecified atom stereocenters. The van der Waals surface area contributed by atoms with Crippen molar-refractivity contribution in [1.82, 2.24) is 4.98 Å². The highest BCUT2D eigenvalue weighted by Gasteiger charge is 2.55. The van der Waals surface area contributed by atoms with E-state index in [0.717, 1.165) is 42.3 Å². The zero-order valence-corrected chi connectivity index (χ0v) is 14.4. The Morgan fingerprint density at radius 3 is 2.76 bits per heavy atom. The lowest BCUT2D eigenvalue weighted by Crippen LogP contribution is -2.52. The van der Waals surface area contributed by atoms with Gasteiger partial charge in [-0.25, -0.2) is 0 Å². The molecule has 0 atom stereocenters. The van der Waals surface area contributed by atoms with Crippen LogP contribution in [0, 0.1) is 11.3 Å². The summed E-state index contributed by atoms with van der Waals surface area (Å²) in [5.74, 6) is 0.735. The molecule has 1 aromatic carbocycles. The summed E-state index contributed by atoms with van der Waals surface area (Å²) in [6.45, 7) is 0.628. The van der Waals surface area contributed by atoms with Crippen molar-refractivity contribution >= 4 is 16.9 Å². The summed E-state index contributed by atoms with van der Waals surface area (Å²) in [6.07, 6.45) is 6.18. The quantitative estimate of drug-likeness (QED) is 0.596. The Kier molecular flexibility index (Phi) is 4.34. The van der Waals surface area contributed by atoms with Crippen molar-refractivity contribution in [1.29, 1.82) is 0 Å². The first kappa shape index (κ1) is 16.3. The molecule has 0 saturated heterocycles. The molecule has 4 rings (SSSR count). The lowest BCUT2D eigenvalue weighted by Gasteiger charge is -2.56. The molecule has 0 bridgehead atoms. The summed E-state index contributed by atoms with van der Waals surface area (Å²) in [4.78, 5) is 16.4. The van der Waals surface area contributed by atoms with Crippen molar-refractivity contribution in [2.45, 2.75) is 31.8 Å². The van der Waals surface area contributed by atoms with Gasteiger partial charge < -0.3 is 14.2 Å². The molecule has 2 aromatic rings. The summed E-state index contributed by atoms with van der Waals surface area (Å²) >= 11 is 0. The number of benzene rings is 1. The van der Waals surface area contributed by atoms with E-state index in [-0.39, 0.29) is 18.5 Å². The highest BCUT2D eigenvalue weighted by Crippen LogP contribution is 2.59. The number of nitrogens with zero attached hydrogens (tertiary/aromatic N) is 1. The molecule has 25 heavy (non-hydrogen) atoms. The number of esters is 1. The van der Waals surface area contributed by atoms with Crippen LogP contribution < -0.4 is 4.74 Å². The Hall–Kier alpha value is -2.14. The lowest BCUT2D eigenvalue weighted by molar-refractivity contribution is -0.172. The maximum Gasteiger partial charge on any atom is 0.309 e. The van der Waals surface area contributed by atoms with Gasteiger partial charge in [0.15, 0.2) is 0 Å². The average molecular weight is 341 g/mol. The molecule has 132 valence electrons. The predicted octanol–water partition coefficient (Wildman–Crippen LogP) is 3.36. The molecular weight excluding hydrogens is 318 g/mol. The maximum atomic E-state index is 12.1. The fourth-order valence-corrected chi connectivity index (χ4v) is 4.17. The van der Waals surface area contributed by atoms with Crippen LogP contribution in [0.25, 0.3) is 10.9 Å². The third kappa shape index (κ3) is 3.21. The van der Waals surface area contributed by atoms with Gasteiger partial charge in [-0.1, -0.05) is 12.1 Å². The summed E-state index contributed by atoms with van der Waals surface area (Å²) in [7, 11) is 1.76. The molecule has 1 aromatic heterocycles. The Morgan fingerprint density at radius 1 is 1.16 bits per heavy atom. The van der Waals surface area contributed by atoms with Crippen LogP contribution in [0.3, 0.4) is 0 Å². The summed E-state index contributed by atoms with van der Waals surface area (Å²) in [5.41, 5.74) is 1.25. The Bertz CT molecular complexity index is 756. The number of para-hydroxylation sites is 1. The summed E-state index contributed by atoms with van der Waals surface area (Å²) < 4.78 is 16.5. The van der Waals surface area contributed by atoms with Crippen LogP contribution in [0.4, 0.5) is 0 Å². The number of hydrogen-bond donors (Lipinski definition) is 0. The first-order chi connectivity index (χ1) is 12.2. The number of carbonyl (C=O) groups excluding carboxylic acids is 1. The third-order valence-corrected chi connectivity index (χ3v) is 5.54. The van der Waals surface area contributed by atoms with E-state index in [1.54, 1.807) is 13.3 Å². The average Bonchev–Trinajstić information content (AvgIpc) is 2.56. The van der Waals surface area contributed by atoms with Crippen molar-refractivity contribution in [3.8, 4) is 5.75 Å². The van der Waals surface area contributed by atoms with Crippen LogP contribution in [-0.2, 0) is 14.3 Å². The van der Waals surface area contributed by atoms with Gasteiger partial charge in [0.1, 0.15) is 19.0 Å². The molecule has 5 heteroatoms. The van der Waals surface area contributed by atoms with E-state index in [9.17, 15) is 4.79 Å². The number of fused-ring (bicyclic) bond motifs is 1. The largest absolute Gasteiger partial charge is 0.489 e. The van der Waals surface area contributed by atoms with Crippen LogP contribution in [0.2, 0.25) is 0 Å². The van der Waals surface area contributed by atoms with Crippen LogP contribution in [0.1, 0.15) is 25.7 Å². The minimum atomic E-state index is -0.0883. The molecule has 2 aliphatic carbocycles. The van der Waals surface area contributed by atoms with Crippen LogP contribution in [0.5, 0.6) is 5.75 Å². The first-order valence-electron chi connectivity index (χ1n) is 8.85. The number of methoxy groups -OCH3 is 1. The van der Waals surface area contributed by atoms with Gasteiger partial charge in [-0.05, 0) is 49.3 Å². The zero-order valence-electron chi connectivity index (χ0n) is 14.4. The SMILES string of the molecule is COC1CC2(C1)CC(C(=O)OCCOc1ccnc3ccccc13)C2. The Morgan fingerprint density at radius 2 is 1.96 bits per heavy atom. The second-order valence-corrected chi connectivity index (χ2v) is 7.21. The van der Waals surface area contributed by atoms with Crippen LogP contribution >= 0.6 is 0 Å². The fourth-order valence-electron chi connectivity index (χ4n) is 4.17. The predicted molar refractivity (Wildman–Crippen MR) is 93.4 cm³/mol. The van der Waals surface area contributed by atoms with E-state index in [1.165, 1.54) is 0 Å². The number of aromatic nitrogens is 1. The summed E-state index contributed by atoms with van der Waals surface area (Å²) in [5, 5.41) is 0.968. The highest BCUT2D eigenvalue weighted by atomic mass is 16.6. The molecule has 2 aliphatic rings. The van der Waals surface area contributed by atoms with Crippen molar-refractivity contribution in [2.24, 2.45) is 11.3 Å². The minimum absolute atomic E-state index is 0.0551. The van der Waals surface area contributed by atoms with E-state index in [4.69, 9.17) is 14.2 Å². The second-order valence-electron chi connectivity index (χ2n) is 7.21. The van der Waals surface area contributed by atoms with Gasteiger partial charge in [0.05, 0.1) is 17.5 Å². The molecule has 0 aliphatic heterocycles. The van der Waals surface area contributed by atoms with Gasteiger partial charge in [0, 0.05) is 18.7 Å². The van der Waals surface area contributed by atoms with Crippen LogP contribution in [-0.4, -0.2) is 37.4 Å². The van der Waals surface area contributed by atoms with Crippen molar-refractivity contribution in [3.05, 3.63) is 36.5 Å². The lowest BCUT2D eigenvalue weighted by atomic mass is 9.50. The standard InChI is InChI=1S/C20H23NO4/c1-23-15-12-20(13-15)10-14(11-20)19(22)25-9-8-24-18-6-7-21-17-5-3-2-4-16(17)18/h2-7,14-15H,8-13H2,1H3. The van der Waals surface area contributed by atoms with Gasteiger partial charge in [0.2, 0.25) is 0 Å². The molecule has 0 radical (unpaired) electrons. The van der Waals surface area contributed by atoms with E-state index < -0.39 is 0 Å². The monoisotopic (exact) mass is 341 g/mol. The van der Waals surface area contributed by atoms with E-state index in [2.05, 4.69) is 4.98 Å². The van der Waals surface area contributed by atoms with E-state index in [1.807, 2.05) is 30.3 Å². The van der Waals surface area contributed by atoms with Crippen molar-refractivity contribution in [2.75, 3.05) is 20.3 Å². The summed E-state index contributed by atoms with van der Waals surface area (Å²) in [6, 6.07) is 9.66. The maximum absolute atomic E-state index is 12.1. The topological polar surface area (TPSA) is 57.7 Å². The normalized spacial score (nSPS) is 27.6.